The lowest BCUT2D eigenvalue weighted by Crippen LogP contribution is -2.31. The summed E-state index contributed by atoms with van der Waals surface area (Å²) in [5.41, 5.74) is 0.872. The first-order valence-electron chi connectivity index (χ1n) is 6.39. The van der Waals surface area contributed by atoms with Gasteiger partial charge < -0.3 is 0 Å². The average molecular weight is 178 g/mol. The molecule has 0 aromatic rings. The zero-order chi connectivity index (χ0) is 8.73. The zero-order valence-corrected chi connectivity index (χ0v) is 8.73. The normalized spacial score (nSPS) is 45.7. The molecule has 0 spiro atoms. The van der Waals surface area contributed by atoms with Gasteiger partial charge in [0.25, 0.3) is 0 Å². The SMILES string of the molecule is C1CCC2(C3CC3)CCC(C1)CC2. The fourth-order valence-electron chi connectivity index (χ4n) is 4.01. The maximum absolute atomic E-state index is 1.60. The van der Waals surface area contributed by atoms with Gasteiger partial charge in [-0.1, -0.05) is 19.3 Å². The molecule has 0 amide bonds. The predicted molar refractivity (Wildman–Crippen MR) is 55.6 cm³/mol. The van der Waals surface area contributed by atoms with E-state index in [1.54, 1.807) is 64.2 Å². The Morgan fingerprint density at radius 3 is 2.15 bits per heavy atom. The first kappa shape index (κ1) is 8.32. The van der Waals surface area contributed by atoms with Crippen LogP contribution in [0.5, 0.6) is 0 Å². The van der Waals surface area contributed by atoms with Gasteiger partial charge in [0, 0.05) is 0 Å². The van der Waals surface area contributed by atoms with Gasteiger partial charge in [-0.2, -0.15) is 0 Å². The predicted octanol–water partition coefficient (Wildman–Crippen LogP) is 4.15. The Bertz CT molecular complexity index is 177. The Morgan fingerprint density at radius 1 is 0.692 bits per heavy atom. The second kappa shape index (κ2) is 3.00. The largest absolute Gasteiger partial charge is 0.0530 e. The molecule has 0 aromatic heterocycles. The molecule has 0 N–H and O–H groups in total. The molecule has 0 radical (unpaired) electrons. The molecule has 0 aromatic carbocycles. The minimum absolute atomic E-state index is 0.872. The lowest BCUT2D eigenvalue weighted by molar-refractivity contribution is 0.0831. The smallest absolute Gasteiger partial charge is 0.0269 e. The summed E-state index contributed by atoms with van der Waals surface area (Å²) in [5.74, 6) is 2.30. The molecule has 0 nitrogen and oxygen atoms in total. The third-order valence-corrected chi connectivity index (χ3v) is 5.08. The highest BCUT2D eigenvalue weighted by Gasteiger charge is 2.46. The maximum atomic E-state index is 1.60. The van der Waals surface area contributed by atoms with Gasteiger partial charge in [0.1, 0.15) is 0 Å². The molecular formula is C13H22. The molecule has 4 aliphatic rings. The van der Waals surface area contributed by atoms with Crippen molar-refractivity contribution in [1.29, 1.82) is 0 Å². The third kappa shape index (κ3) is 1.43. The first-order chi connectivity index (χ1) is 6.39. The zero-order valence-electron chi connectivity index (χ0n) is 8.73. The molecule has 2 bridgehead atoms. The summed E-state index contributed by atoms with van der Waals surface area (Å²) < 4.78 is 0. The van der Waals surface area contributed by atoms with Crippen molar-refractivity contribution < 1.29 is 0 Å². The Hall–Kier alpha value is 0. The summed E-state index contributed by atoms with van der Waals surface area (Å²) in [4.78, 5) is 0. The molecule has 0 atom stereocenters. The fraction of sp³-hybridized carbons (Fsp3) is 1.00. The van der Waals surface area contributed by atoms with Gasteiger partial charge in [0.2, 0.25) is 0 Å². The molecule has 0 heteroatoms. The van der Waals surface area contributed by atoms with Crippen LogP contribution < -0.4 is 0 Å². The van der Waals surface area contributed by atoms with E-state index in [4.69, 9.17) is 0 Å². The Balaban J connectivity index is 1.77. The molecule has 4 rings (SSSR count). The van der Waals surface area contributed by atoms with Crippen LogP contribution in [0.25, 0.3) is 0 Å². The summed E-state index contributed by atoms with van der Waals surface area (Å²) in [5, 5.41) is 0. The van der Waals surface area contributed by atoms with Gasteiger partial charge in [-0.15, -0.1) is 0 Å². The summed E-state index contributed by atoms with van der Waals surface area (Å²) >= 11 is 0. The van der Waals surface area contributed by atoms with Crippen molar-refractivity contribution in [3.63, 3.8) is 0 Å². The number of hydrogen-bond donors (Lipinski definition) is 0. The van der Waals surface area contributed by atoms with Crippen molar-refractivity contribution in [2.75, 3.05) is 0 Å². The van der Waals surface area contributed by atoms with Crippen molar-refractivity contribution >= 4 is 0 Å². The minimum atomic E-state index is 0.872. The molecule has 4 fully saturated rings. The average Bonchev–Trinajstić information content (AvgIpc) is 2.89. The molecule has 0 heterocycles. The van der Waals surface area contributed by atoms with Crippen LogP contribution in [-0.2, 0) is 0 Å². The van der Waals surface area contributed by atoms with E-state index in [1.165, 1.54) is 5.92 Å². The van der Waals surface area contributed by atoms with Gasteiger partial charge in [0.05, 0.1) is 0 Å². The first-order valence-corrected chi connectivity index (χ1v) is 6.39. The molecule has 0 saturated heterocycles. The van der Waals surface area contributed by atoms with Crippen molar-refractivity contribution in [2.45, 2.75) is 64.2 Å². The van der Waals surface area contributed by atoms with Gasteiger partial charge >= 0.3 is 0 Å². The minimum Gasteiger partial charge on any atom is -0.0530 e. The summed E-state index contributed by atoms with van der Waals surface area (Å²) in [7, 11) is 0. The van der Waals surface area contributed by atoms with Crippen LogP contribution in [0.15, 0.2) is 0 Å². The van der Waals surface area contributed by atoms with E-state index < -0.39 is 0 Å². The van der Waals surface area contributed by atoms with Crippen molar-refractivity contribution in [1.82, 2.24) is 0 Å². The lowest BCUT2D eigenvalue weighted by Gasteiger charge is -2.43. The standard InChI is InChI=1S/C13H22/c1-2-8-13(12-4-5-12)9-6-11(3-1)7-10-13/h11-12H,1-10H2. The topological polar surface area (TPSA) is 0 Å². The quantitative estimate of drug-likeness (QED) is 0.566. The fourth-order valence-corrected chi connectivity index (χ4v) is 4.01. The van der Waals surface area contributed by atoms with E-state index in [-0.39, 0.29) is 0 Å². The van der Waals surface area contributed by atoms with E-state index in [2.05, 4.69) is 0 Å². The van der Waals surface area contributed by atoms with Gasteiger partial charge in [-0.25, -0.2) is 0 Å². The highest BCUT2D eigenvalue weighted by Crippen LogP contribution is 2.58. The number of fused-ring (bicyclic) bond motifs is 5. The summed E-state index contributed by atoms with van der Waals surface area (Å²) in [6.45, 7) is 0. The maximum Gasteiger partial charge on any atom is -0.0269 e. The lowest BCUT2D eigenvalue weighted by atomic mass is 9.62. The van der Waals surface area contributed by atoms with E-state index in [9.17, 15) is 0 Å². The summed E-state index contributed by atoms with van der Waals surface area (Å²) in [6, 6.07) is 0. The highest BCUT2D eigenvalue weighted by atomic mass is 14.5. The number of rotatable bonds is 1. The molecule has 0 unspecified atom stereocenters. The summed E-state index contributed by atoms with van der Waals surface area (Å²) in [6.07, 6.45) is 15.7. The highest BCUT2D eigenvalue weighted by molar-refractivity contribution is 4.97. The molecule has 13 heavy (non-hydrogen) atoms. The number of hydrogen-bond acceptors (Lipinski definition) is 0. The van der Waals surface area contributed by atoms with Gasteiger partial charge in [-0.05, 0) is 62.2 Å². The van der Waals surface area contributed by atoms with Crippen LogP contribution >= 0.6 is 0 Å². The Labute approximate surface area is 82.1 Å². The van der Waals surface area contributed by atoms with E-state index in [0.717, 1.165) is 11.3 Å². The van der Waals surface area contributed by atoms with Crippen LogP contribution in [0.3, 0.4) is 0 Å². The van der Waals surface area contributed by atoms with E-state index in [1.807, 2.05) is 0 Å². The monoisotopic (exact) mass is 178 g/mol. The van der Waals surface area contributed by atoms with Crippen LogP contribution in [0, 0.1) is 17.3 Å². The van der Waals surface area contributed by atoms with Crippen molar-refractivity contribution in [2.24, 2.45) is 17.3 Å². The van der Waals surface area contributed by atoms with E-state index >= 15 is 0 Å². The molecule has 4 saturated carbocycles. The van der Waals surface area contributed by atoms with Crippen LogP contribution in [0.1, 0.15) is 64.2 Å². The van der Waals surface area contributed by atoms with Crippen LogP contribution in [-0.4, -0.2) is 0 Å². The molecular weight excluding hydrogens is 156 g/mol. The van der Waals surface area contributed by atoms with E-state index in [0.29, 0.717) is 0 Å². The second-order valence-electron chi connectivity index (χ2n) is 5.83. The van der Waals surface area contributed by atoms with Crippen LogP contribution in [0.2, 0.25) is 0 Å². The van der Waals surface area contributed by atoms with Crippen molar-refractivity contribution in [3.8, 4) is 0 Å². The molecule has 74 valence electrons. The Kier molecular flexibility index (Phi) is 1.92. The third-order valence-electron chi connectivity index (χ3n) is 5.08. The van der Waals surface area contributed by atoms with Gasteiger partial charge in [0.15, 0.2) is 0 Å². The Morgan fingerprint density at radius 2 is 1.46 bits per heavy atom. The second-order valence-corrected chi connectivity index (χ2v) is 5.83. The van der Waals surface area contributed by atoms with Gasteiger partial charge in [-0.3, -0.25) is 0 Å². The van der Waals surface area contributed by atoms with Crippen molar-refractivity contribution in [3.05, 3.63) is 0 Å². The molecule has 0 aliphatic heterocycles. The molecule has 4 aliphatic carbocycles. The van der Waals surface area contributed by atoms with Crippen LogP contribution in [0.4, 0.5) is 0 Å².